The van der Waals surface area contributed by atoms with Crippen LogP contribution >= 0.6 is 11.6 Å². The number of benzene rings is 4. The number of carbonyl (C=O) groups excluding carboxylic acids is 4. The van der Waals surface area contributed by atoms with E-state index in [4.69, 9.17) is 45.8 Å². The third kappa shape index (κ3) is 8.79. The smallest absolute Gasteiger partial charge is 0.340 e. The van der Waals surface area contributed by atoms with Gasteiger partial charge in [0.2, 0.25) is 24.7 Å². The maximum Gasteiger partial charge on any atom is 0.340 e. The Labute approximate surface area is 381 Å². The number of hydrogen-bond acceptors (Lipinski definition) is 11. The van der Waals surface area contributed by atoms with Crippen molar-refractivity contribution in [3.05, 3.63) is 106 Å². The van der Waals surface area contributed by atoms with E-state index in [0.29, 0.717) is 45.3 Å². The topological polar surface area (TPSA) is 193 Å². The molecule has 10 rings (SSSR count). The lowest BCUT2D eigenvalue weighted by Gasteiger charge is -2.17. The molecule has 6 aromatic rings. The largest absolute Gasteiger partial charge is 0.465 e. The number of esters is 2. The molecule has 340 valence electrons. The van der Waals surface area contributed by atoms with Crippen molar-refractivity contribution in [1.82, 2.24) is 9.97 Å². The first-order chi connectivity index (χ1) is 30.8. The van der Waals surface area contributed by atoms with E-state index >= 15 is 0 Å². The van der Waals surface area contributed by atoms with Gasteiger partial charge in [0, 0.05) is 44.4 Å². The van der Waals surface area contributed by atoms with Gasteiger partial charge in [-0.15, -0.1) is 0 Å². The highest BCUT2D eigenvalue weighted by Crippen LogP contribution is 2.53. The van der Waals surface area contributed by atoms with E-state index in [1.807, 2.05) is 60.7 Å². The Bertz CT molecular complexity index is 2870. The van der Waals surface area contributed by atoms with Crippen molar-refractivity contribution in [2.24, 2.45) is 0 Å². The van der Waals surface area contributed by atoms with Crippen molar-refractivity contribution in [3.63, 3.8) is 0 Å². The molecule has 4 aromatic carbocycles. The molecule has 65 heavy (non-hydrogen) atoms. The highest BCUT2D eigenvalue weighted by molar-refractivity contribution is 6.66. The van der Waals surface area contributed by atoms with Crippen LogP contribution in [-0.4, -0.2) is 60.9 Å². The molecular formula is C50H53ClN4O10. The van der Waals surface area contributed by atoms with Gasteiger partial charge in [-0.3, -0.25) is 9.59 Å². The third-order valence-corrected chi connectivity index (χ3v) is 12.7. The number of rotatable bonds is 7. The van der Waals surface area contributed by atoms with Crippen molar-refractivity contribution in [2.75, 3.05) is 38.9 Å². The van der Waals surface area contributed by atoms with E-state index in [-0.39, 0.29) is 41.5 Å². The lowest BCUT2D eigenvalue weighted by Crippen LogP contribution is -2.27. The van der Waals surface area contributed by atoms with Crippen molar-refractivity contribution >= 4 is 67.9 Å². The zero-order valence-corrected chi connectivity index (χ0v) is 38.5. The van der Waals surface area contributed by atoms with Crippen molar-refractivity contribution < 1.29 is 47.6 Å². The summed E-state index contributed by atoms with van der Waals surface area (Å²) in [6, 6.07) is 22.3. The van der Waals surface area contributed by atoms with Gasteiger partial charge in [0.15, 0.2) is 23.0 Å². The van der Waals surface area contributed by atoms with Crippen LogP contribution in [0.25, 0.3) is 21.8 Å². The summed E-state index contributed by atoms with van der Waals surface area (Å²) < 4.78 is 31.1. The lowest BCUT2D eigenvalue weighted by atomic mass is 9.92. The van der Waals surface area contributed by atoms with E-state index < -0.39 is 16.8 Å². The number of anilines is 2. The Morgan fingerprint density at radius 1 is 0.615 bits per heavy atom. The van der Waals surface area contributed by atoms with Gasteiger partial charge in [-0.25, -0.2) is 9.59 Å². The molecule has 4 heterocycles. The molecule has 2 aromatic heterocycles. The standard InChI is InChI=1S/C25H26N2O5.C14H18N2O2.C11H9ClO3/c1-24(2,3)20-10-14-9-16(12-17(21(14)27-20)22(28)30-4)26-23(29)25(7-8-25)15-5-6-18-19(11-15)32-13-31-18;1-14(2,3)11-6-8-5-9(15)7-10(12(8)16-11)13(17)18-4;12-10(13)11(3-4-11)7-1-2-8-9(5-7)15-6-14-8/h5-6,9-12,27H,7-8,13H2,1-4H3,(H,26,29);5-7,16H,15H2,1-4H3;1-2,5H,3-4,6H2. The van der Waals surface area contributed by atoms with Gasteiger partial charge in [-0.1, -0.05) is 53.7 Å². The minimum Gasteiger partial charge on any atom is -0.465 e. The van der Waals surface area contributed by atoms with E-state index in [2.05, 4.69) is 56.8 Å². The van der Waals surface area contributed by atoms with Crippen LogP contribution < -0.4 is 30.0 Å². The lowest BCUT2D eigenvalue weighted by molar-refractivity contribution is -0.118. The summed E-state index contributed by atoms with van der Waals surface area (Å²) in [5, 5.41) is 4.54. The molecule has 0 saturated heterocycles. The number of nitrogen functional groups attached to an aromatic ring is 1. The molecule has 2 aliphatic heterocycles. The van der Waals surface area contributed by atoms with Crippen LogP contribution in [-0.2, 0) is 40.7 Å². The fourth-order valence-corrected chi connectivity index (χ4v) is 8.37. The summed E-state index contributed by atoms with van der Waals surface area (Å²) in [5.41, 5.74) is 12.0. The molecule has 0 unspecified atom stereocenters. The molecule has 2 aliphatic carbocycles. The second kappa shape index (κ2) is 16.7. The molecular weight excluding hydrogens is 852 g/mol. The first kappa shape index (κ1) is 44.9. The van der Waals surface area contributed by atoms with Crippen molar-refractivity contribution in [1.29, 1.82) is 0 Å². The minimum atomic E-state index is -0.601. The average molecular weight is 905 g/mol. The van der Waals surface area contributed by atoms with Crippen LogP contribution in [0.2, 0.25) is 0 Å². The number of H-pyrrole nitrogens is 2. The number of amides is 1. The van der Waals surface area contributed by atoms with E-state index in [1.54, 1.807) is 12.1 Å². The van der Waals surface area contributed by atoms with Gasteiger partial charge in [0.05, 0.1) is 47.2 Å². The number of fused-ring (bicyclic) bond motifs is 4. The first-order valence-electron chi connectivity index (χ1n) is 21.3. The Kier molecular flexibility index (Phi) is 11.5. The van der Waals surface area contributed by atoms with Gasteiger partial charge >= 0.3 is 11.9 Å². The normalized spacial score (nSPS) is 15.8. The minimum absolute atomic E-state index is 0.0127. The average Bonchev–Trinajstić information content (AvgIpc) is 3.95. The highest BCUT2D eigenvalue weighted by atomic mass is 35.5. The summed E-state index contributed by atoms with van der Waals surface area (Å²) in [4.78, 5) is 55.5. The summed E-state index contributed by atoms with van der Waals surface area (Å²) in [6.45, 7) is 13.1. The Balaban J connectivity index is 0.000000147. The summed E-state index contributed by atoms with van der Waals surface area (Å²) >= 11 is 5.61. The molecule has 0 radical (unpaired) electrons. The number of methoxy groups -OCH3 is 2. The molecule has 0 bridgehead atoms. The third-order valence-electron chi connectivity index (χ3n) is 12.3. The summed E-state index contributed by atoms with van der Waals surface area (Å²) in [5.74, 6) is 1.87. The number of ether oxygens (including phenoxy) is 6. The quantitative estimate of drug-likeness (QED) is 0.0677. The van der Waals surface area contributed by atoms with Crippen LogP contribution in [0.15, 0.2) is 72.8 Å². The number of carbonyl (C=O) groups is 4. The Morgan fingerprint density at radius 3 is 1.51 bits per heavy atom. The summed E-state index contributed by atoms with van der Waals surface area (Å²) in [7, 11) is 2.72. The summed E-state index contributed by atoms with van der Waals surface area (Å²) in [6.07, 6.45) is 3.16. The molecule has 2 fully saturated rings. The van der Waals surface area contributed by atoms with Crippen LogP contribution in [0, 0.1) is 0 Å². The number of aromatic nitrogens is 2. The number of hydrogen-bond donors (Lipinski definition) is 4. The first-order valence-corrected chi connectivity index (χ1v) is 21.7. The van der Waals surface area contributed by atoms with Gasteiger partial charge in [-0.05, 0) is 109 Å². The number of aromatic amines is 2. The zero-order chi connectivity index (χ0) is 46.6. The molecule has 14 nitrogen and oxygen atoms in total. The molecule has 1 amide bonds. The second-order valence-electron chi connectivity index (χ2n) is 18.9. The zero-order valence-electron chi connectivity index (χ0n) is 37.7. The van der Waals surface area contributed by atoms with Crippen LogP contribution in [0.5, 0.6) is 23.0 Å². The van der Waals surface area contributed by atoms with Crippen LogP contribution in [0.3, 0.4) is 0 Å². The predicted octanol–water partition coefficient (Wildman–Crippen LogP) is 9.70. The van der Waals surface area contributed by atoms with Crippen LogP contribution in [0.1, 0.15) is 110 Å². The fraction of sp³-hybridized carbons (Fsp3) is 0.360. The number of halogens is 1. The second-order valence-corrected chi connectivity index (χ2v) is 19.2. The van der Waals surface area contributed by atoms with Crippen molar-refractivity contribution in [3.8, 4) is 23.0 Å². The maximum absolute atomic E-state index is 13.3. The molecule has 0 atom stereocenters. The predicted molar refractivity (Wildman–Crippen MR) is 248 cm³/mol. The molecule has 4 aliphatic rings. The van der Waals surface area contributed by atoms with Gasteiger partial charge < -0.3 is 49.4 Å². The van der Waals surface area contributed by atoms with E-state index in [0.717, 1.165) is 70.2 Å². The molecule has 0 spiro atoms. The maximum atomic E-state index is 13.3. The van der Waals surface area contributed by atoms with Gasteiger partial charge in [0.1, 0.15) is 0 Å². The molecule has 15 heteroatoms. The Morgan fingerprint density at radius 2 is 1.06 bits per heavy atom. The van der Waals surface area contributed by atoms with E-state index in [9.17, 15) is 19.2 Å². The van der Waals surface area contributed by atoms with Crippen LogP contribution in [0.4, 0.5) is 11.4 Å². The Hall–Kier alpha value is -6.67. The molecule has 5 N–H and O–H groups in total. The van der Waals surface area contributed by atoms with Crippen molar-refractivity contribution in [2.45, 2.75) is 88.9 Å². The SMILES string of the molecule is COC(=O)c1cc(N)cc2cc(C(C)(C)C)[nH]c12.COC(=O)c1cc(NC(=O)C2(c3ccc4c(c3)OCO4)CC2)cc2cc(C(C)(C)C)[nH]c12.O=C(Cl)C1(c2ccc3c(c2)OCO3)CC1. The number of nitrogens with two attached hydrogens (primary N) is 1. The number of nitrogens with one attached hydrogen (secondary N) is 3. The van der Waals surface area contributed by atoms with E-state index in [1.165, 1.54) is 14.2 Å². The fourth-order valence-electron chi connectivity index (χ4n) is 8.07. The molecule has 2 saturated carbocycles. The van der Waals surface area contributed by atoms with Gasteiger partial charge in [0.25, 0.3) is 0 Å². The van der Waals surface area contributed by atoms with Gasteiger partial charge in [-0.2, -0.15) is 0 Å². The highest BCUT2D eigenvalue weighted by Gasteiger charge is 2.52. The monoisotopic (exact) mass is 904 g/mol.